The highest BCUT2D eigenvalue weighted by Gasteiger charge is 2.14. The summed E-state index contributed by atoms with van der Waals surface area (Å²) in [5, 5.41) is 7.94. The van der Waals surface area contributed by atoms with Crippen molar-refractivity contribution in [2.45, 2.75) is 19.9 Å². The maximum absolute atomic E-state index is 13.1. The van der Waals surface area contributed by atoms with Gasteiger partial charge in [0.2, 0.25) is 0 Å². The molecule has 0 bridgehead atoms. The zero-order chi connectivity index (χ0) is 12.4. The fourth-order valence-electron chi connectivity index (χ4n) is 1.66. The van der Waals surface area contributed by atoms with Crippen LogP contribution in [0.5, 0.6) is 0 Å². The predicted molar refractivity (Wildman–Crippen MR) is 61.7 cm³/mol. The van der Waals surface area contributed by atoms with Gasteiger partial charge >= 0.3 is 0 Å². The molecule has 0 saturated carbocycles. The number of aryl methyl sites for hydroxylation is 2. The van der Waals surface area contributed by atoms with Crippen LogP contribution in [0.1, 0.15) is 28.6 Å². The average Bonchev–Trinajstić information content (AvgIpc) is 2.31. The zero-order valence-corrected chi connectivity index (χ0v) is 9.68. The number of rotatable bonds is 2. The van der Waals surface area contributed by atoms with Crippen LogP contribution in [0.4, 0.5) is 4.39 Å². The summed E-state index contributed by atoms with van der Waals surface area (Å²) in [6.07, 6.45) is 2.71. The normalized spacial score (nSPS) is 12.5. The third-order valence-corrected chi connectivity index (χ3v) is 2.56. The Morgan fingerprint density at radius 2 is 1.94 bits per heavy atom. The van der Waals surface area contributed by atoms with E-state index in [-0.39, 0.29) is 0 Å². The molecule has 0 amide bonds. The van der Waals surface area contributed by atoms with Gasteiger partial charge in [0.25, 0.3) is 0 Å². The quantitative estimate of drug-likeness (QED) is 0.855. The molecular weight excluding hydrogens is 219 g/mol. The fraction of sp³-hybridized carbons (Fsp3) is 0.250. The van der Waals surface area contributed by atoms with Crippen molar-refractivity contribution in [3.05, 3.63) is 52.9 Å². The third kappa shape index (κ3) is 2.45. The highest BCUT2D eigenvalue weighted by atomic mass is 19.1. The Balaban J connectivity index is 2.43. The zero-order valence-electron chi connectivity index (χ0n) is 9.68. The predicted octanol–water partition coefficient (Wildman–Crippen LogP) is 1.68. The van der Waals surface area contributed by atoms with Gasteiger partial charge in [-0.05, 0) is 37.1 Å². The molecule has 17 heavy (non-hydrogen) atoms. The van der Waals surface area contributed by atoms with Crippen molar-refractivity contribution < 1.29 is 4.39 Å². The van der Waals surface area contributed by atoms with E-state index < -0.39 is 11.9 Å². The minimum absolute atomic E-state index is 0.394. The van der Waals surface area contributed by atoms with Crippen LogP contribution in [0.25, 0.3) is 0 Å². The Morgan fingerprint density at radius 3 is 2.65 bits per heavy atom. The largest absolute Gasteiger partial charge is 0.320 e. The van der Waals surface area contributed by atoms with Crippen molar-refractivity contribution in [2.24, 2.45) is 5.73 Å². The minimum atomic E-state index is -0.438. The van der Waals surface area contributed by atoms with Crippen LogP contribution in [0, 0.1) is 19.7 Å². The molecule has 1 unspecified atom stereocenters. The number of hydrogen-bond acceptors (Lipinski definition) is 4. The van der Waals surface area contributed by atoms with Gasteiger partial charge in [0, 0.05) is 6.20 Å². The SMILES string of the molecule is Cc1cc(C(N)c2cncc(F)c2)c(C)nn1. The Morgan fingerprint density at radius 1 is 1.18 bits per heavy atom. The van der Waals surface area contributed by atoms with Crippen LogP contribution in [0.3, 0.4) is 0 Å². The van der Waals surface area contributed by atoms with Gasteiger partial charge in [0.15, 0.2) is 0 Å². The van der Waals surface area contributed by atoms with Crippen molar-refractivity contribution >= 4 is 0 Å². The lowest BCUT2D eigenvalue weighted by Gasteiger charge is -2.14. The number of halogens is 1. The number of nitrogens with zero attached hydrogens (tertiary/aromatic N) is 3. The van der Waals surface area contributed by atoms with Crippen molar-refractivity contribution in [1.82, 2.24) is 15.2 Å². The van der Waals surface area contributed by atoms with E-state index in [1.54, 1.807) is 6.20 Å². The van der Waals surface area contributed by atoms with E-state index in [2.05, 4.69) is 15.2 Å². The van der Waals surface area contributed by atoms with Crippen molar-refractivity contribution in [2.75, 3.05) is 0 Å². The van der Waals surface area contributed by atoms with Gasteiger partial charge < -0.3 is 5.73 Å². The number of hydrogen-bond donors (Lipinski definition) is 1. The lowest BCUT2D eigenvalue weighted by atomic mass is 10.00. The molecule has 5 heteroatoms. The molecule has 2 aromatic heterocycles. The average molecular weight is 232 g/mol. The van der Waals surface area contributed by atoms with Crippen molar-refractivity contribution in [3.63, 3.8) is 0 Å². The Hall–Kier alpha value is -1.88. The van der Waals surface area contributed by atoms with E-state index in [0.717, 1.165) is 23.1 Å². The van der Waals surface area contributed by atoms with Gasteiger partial charge in [-0.1, -0.05) is 0 Å². The summed E-state index contributed by atoms with van der Waals surface area (Å²) >= 11 is 0. The summed E-state index contributed by atoms with van der Waals surface area (Å²) in [7, 11) is 0. The molecule has 0 aliphatic carbocycles. The second kappa shape index (κ2) is 4.55. The second-order valence-electron chi connectivity index (χ2n) is 3.94. The standard InChI is InChI=1S/C12H13FN4/c1-7-3-11(8(2)17-16-7)12(14)9-4-10(13)6-15-5-9/h3-6,12H,14H2,1-2H3. The number of nitrogens with two attached hydrogens (primary N) is 1. The molecule has 2 N–H and O–H groups in total. The van der Waals surface area contributed by atoms with E-state index >= 15 is 0 Å². The van der Waals surface area contributed by atoms with Crippen molar-refractivity contribution in [1.29, 1.82) is 0 Å². The molecule has 88 valence electrons. The Labute approximate surface area is 98.7 Å². The summed E-state index contributed by atoms with van der Waals surface area (Å²) in [4.78, 5) is 3.79. The van der Waals surface area contributed by atoms with Crippen LogP contribution in [-0.4, -0.2) is 15.2 Å². The monoisotopic (exact) mass is 232 g/mol. The smallest absolute Gasteiger partial charge is 0.141 e. The van der Waals surface area contributed by atoms with Crippen LogP contribution in [0.2, 0.25) is 0 Å². The summed E-state index contributed by atoms with van der Waals surface area (Å²) in [6, 6.07) is 2.80. The van der Waals surface area contributed by atoms with E-state index in [1.807, 2.05) is 19.9 Å². The molecule has 0 aliphatic rings. The molecule has 0 radical (unpaired) electrons. The first kappa shape index (κ1) is 11.6. The van der Waals surface area contributed by atoms with E-state index in [9.17, 15) is 4.39 Å². The molecule has 2 heterocycles. The van der Waals surface area contributed by atoms with E-state index in [1.165, 1.54) is 6.07 Å². The van der Waals surface area contributed by atoms with E-state index in [4.69, 9.17) is 5.73 Å². The first-order chi connectivity index (χ1) is 8.08. The van der Waals surface area contributed by atoms with Gasteiger partial charge in [-0.3, -0.25) is 4.98 Å². The summed E-state index contributed by atoms with van der Waals surface area (Å²) in [5.74, 6) is -0.394. The molecule has 2 aromatic rings. The third-order valence-electron chi connectivity index (χ3n) is 2.56. The first-order valence-electron chi connectivity index (χ1n) is 5.25. The summed E-state index contributed by atoms with van der Waals surface area (Å²) in [6.45, 7) is 3.67. The van der Waals surface area contributed by atoms with Gasteiger partial charge in [-0.15, -0.1) is 0 Å². The topological polar surface area (TPSA) is 64.7 Å². The molecule has 0 fully saturated rings. The maximum Gasteiger partial charge on any atom is 0.141 e. The maximum atomic E-state index is 13.1. The number of aromatic nitrogens is 3. The second-order valence-corrected chi connectivity index (χ2v) is 3.94. The Bertz CT molecular complexity index is 542. The van der Waals surface area contributed by atoms with Gasteiger partial charge in [0.1, 0.15) is 5.82 Å². The highest BCUT2D eigenvalue weighted by molar-refractivity contribution is 5.32. The van der Waals surface area contributed by atoms with Crippen LogP contribution in [0.15, 0.2) is 24.5 Å². The van der Waals surface area contributed by atoms with Crippen molar-refractivity contribution in [3.8, 4) is 0 Å². The first-order valence-corrected chi connectivity index (χ1v) is 5.25. The minimum Gasteiger partial charge on any atom is -0.320 e. The van der Waals surface area contributed by atoms with Gasteiger partial charge in [-0.2, -0.15) is 10.2 Å². The molecule has 0 spiro atoms. The number of pyridine rings is 1. The van der Waals surface area contributed by atoms with Crippen LogP contribution in [-0.2, 0) is 0 Å². The van der Waals surface area contributed by atoms with E-state index in [0.29, 0.717) is 5.56 Å². The molecule has 0 saturated heterocycles. The molecule has 2 rings (SSSR count). The van der Waals surface area contributed by atoms with Gasteiger partial charge in [0.05, 0.1) is 23.6 Å². The Kier molecular flexibility index (Phi) is 3.10. The lowest BCUT2D eigenvalue weighted by Crippen LogP contribution is -2.15. The molecule has 0 aromatic carbocycles. The fourth-order valence-corrected chi connectivity index (χ4v) is 1.66. The molecule has 4 nitrogen and oxygen atoms in total. The van der Waals surface area contributed by atoms with Crippen LogP contribution >= 0.6 is 0 Å². The molecular formula is C12H13FN4. The van der Waals surface area contributed by atoms with Gasteiger partial charge in [-0.25, -0.2) is 4.39 Å². The lowest BCUT2D eigenvalue weighted by molar-refractivity contribution is 0.616. The molecule has 1 atom stereocenters. The highest BCUT2D eigenvalue weighted by Crippen LogP contribution is 2.21. The van der Waals surface area contributed by atoms with Crippen LogP contribution < -0.4 is 5.73 Å². The summed E-state index contributed by atoms with van der Waals surface area (Å²) in [5.41, 5.74) is 9.07. The summed E-state index contributed by atoms with van der Waals surface area (Å²) < 4.78 is 13.1. The molecule has 0 aliphatic heterocycles.